The molecule has 1 saturated carbocycles. The van der Waals surface area contributed by atoms with Gasteiger partial charge in [-0.3, -0.25) is 19.8 Å². The lowest BCUT2D eigenvalue weighted by Crippen LogP contribution is -2.47. The van der Waals surface area contributed by atoms with Crippen LogP contribution in [0.15, 0.2) is 24.3 Å². The largest absolute Gasteiger partial charge is 0.449 e. The molecule has 3 N–H and O–H groups in total. The second kappa shape index (κ2) is 9.38. The Morgan fingerprint density at radius 2 is 1.83 bits per heavy atom. The summed E-state index contributed by atoms with van der Waals surface area (Å²) in [4.78, 5) is 60.5. The zero-order valence-corrected chi connectivity index (χ0v) is 16.6. The summed E-state index contributed by atoms with van der Waals surface area (Å²) >= 11 is 0. The van der Waals surface area contributed by atoms with Crippen molar-refractivity contribution < 1.29 is 28.7 Å². The Hall–Kier alpha value is -3.43. The Kier molecular flexibility index (Phi) is 6.65. The molecule has 3 rings (SSSR count). The van der Waals surface area contributed by atoms with Gasteiger partial charge in [0.05, 0.1) is 18.7 Å². The number of urea groups is 2. The molecule has 0 aromatic heterocycles. The summed E-state index contributed by atoms with van der Waals surface area (Å²) in [6.07, 6.45) is 2.72. The smallest absolute Gasteiger partial charge is 0.338 e. The van der Waals surface area contributed by atoms with E-state index in [-0.39, 0.29) is 30.6 Å². The molecule has 0 radical (unpaired) electrons. The fourth-order valence-corrected chi connectivity index (χ4v) is 3.33. The summed E-state index contributed by atoms with van der Waals surface area (Å²) in [6.45, 7) is 1.44. The minimum atomic E-state index is -1.16. The molecular formula is C20H24N4O6. The lowest BCUT2D eigenvalue weighted by atomic mass is 10.1. The van der Waals surface area contributed by atoms with Crippen LogP contribution in [0.5, 0.6) is 0 Å². The van der Waals surface area contributed by atoms with Crippen molar-refractivity contribution in [1.82, 2.24) is 20.9 Å². The average molecular weight is 416 g/mol. The number of nitrogens with one attached hydrogen (secondary N) is 3. The molecule has 30 heavy (non-hydrogen) atoms. The molecule has 0 spiro atoms. The topological polar surface area (TPSA) is 134 Å². The zero-order chi connectivity index (χ0) is 21.7. The van der Waals surface area contributed by atoms with E-state index in [1.165, 1.54) is 19.1 Å². The van der Waals surface area contributed by atoms with Crippen molar-refractivity contribution in [3.8, 4) is 0 Å². The van der Waals surface area contributed by atoms with E-state index in [9.17, 15) is 24.0 Å². The molecule has 1 aliphatic heterocycles. The number of rotatable bonds is 6. The highest BCUT2D eigenvalue weighted by Gasteiger charge is 2.28. The molecule has 2 aliphatic rings. The van der Waals surface area contributed by atoms with Crippen molar-refractivity contribution >= 4 is 29.8 Å². The van der Waals surface area contributed by atoms with Gasteiger partial charge in [-0.2, -0.15) is 0 Å². The van der Waals surface area contributed by atoms with Gasteiger partial charge in [0.2, 0.25) is 5.91 Å². The molecule has 1 unspecified atom stereocenters. The third-order valence-electron chi connectivity index (χ3n) is 5.05. The van der Waals surface area contributed by atoms with E-state index in [4.69, 9.17) is 4.74 Å². The summed E-state index contributed by atoms with van der Waals surface area (Å²) in [5, 5.41) is 7.34. The Labute approximate surface area is 173 Å². The van der Waals surface area contributed by atoms with Crippen LogP contribution in [-0.4, -0.2) is 53.4 Å². The van der Waals surface area contributed by atoms with Crippen molar-refractivity contribution in [2.24, 2.45) is 0 Å². The summed E-state index contributed by atoms with van der Waals surface area (Å²) in [5.74, 6) is -1.76. The molecule has 1 atom stereocenters. The molecule has 10 heteroatoms. The number of carbonyl (C=O) groups is 5. The number of hydrogen-bond donors (Lipinski definition) is 3. The third kappa shape index (κ3) is 5.34. The predicted octanol–water partition coefficient (Wildman–Crippen LogP) is 1.05. The molecule has 1 heterocycles. The van der Waals surface area contributed by atoms with E-state index < -0.39 is 30.0 Å². The molecule has 1 aromatic rings. The number of nitrogens with zero attached hydrogens (tertiary/aromatic N) is 1. The Morgan fingerprint density at radius 3 is 2.43 bits per heavy atom. The van der Waals surface area contributed by atoms with Crippen molar-refractivity contribution in [2.75, 3.05) is 6.54 Å². The van der Waals surface area contributed by atoms with Crippen molar-refractivity contribution in [1.29, 1.82) is 0 Å². The Bertz CT molecular complexity index is 831. The number of ether oxygens (including phenoxy) is 1. The maximum absolute atomic E-state index is 12.3. The van der Waals surface area contributed by atoms with Gasteiger partial charge in [0.1, 0.15) is 0 Å². The maximum atomic E-state index is 12.3. The highest BCUT2D eigenvalue weighted by atomic mass is 16.5. The van der Waals surface area contributed by atoms with E-state index in [0.717, 1.165) is 30.6 Å². The third-order valence-corrected chi connectivity index (χ3v) is 5.05. The molecule has 160 valence electrons. The van der Waals surface area contributed by atoms with Gasteiger partial charge in [0, 0.05) is 6.04 Å². The highest BCUT2D eigenvalue weighted by molar-refractivity contribution is 6.02. The standard InChI is InChI=1S/C20H24N4O6/c1-12(17(26)23-19(28)22-15-4-2-3-5-15)30-18(27)14-8-6-13(7-9-14)11-24-16(25)10-21-20(24)29/h6-9,12,15H,2-5,10-11H2,1H3,(H,21,29)(H2,22,23,26,28). The van der Waals surface area contributed by atoms with Gasteiger partial charge in [-0.15, -0.1) is 0 Å². The van der Waals surface area contributed by atoms with Crippen LogP contribution in [0.3, 0.4) is 0 Å². The number of carbonyl (C=O) groups excluding carboxylic acids is 5. The number of esters is 1. The van der Waals surface area contributed by atoms with E-state index in [2.05, 4.69) is 16.0 Å². The number of amides is 6. The second-order valence-electron chi connectivity index (χ2n) is 7.33. The quantitative estimate of drug-likeness (QED) is 0.469. The first-order chi connectivity index (χ1) is 14.3. The van der Waals surface area contributed by atoms with Gasteiger partial charge >= 0.3 is 18.0 Å². The minimum Gasteiger partial charge on any atom is -0.449 e. The number of hydrogen-bond acceptors (Lipinski definition) is 6. The SMILES string of the molecule is CC(OC(=O)c1ccc(CN2C(=O)CNC2=O)cc1)C(=O)NC(=O)NC1CCCC1. The van der Waals surface area contributed by atoms with Gasteiger partial charge in [0.15, 0.2) is 6.10 Å². The normalized spacial score (nSPS) is 17.4. The van der Waals surface area contributed by atoms with Crippen LogP contribution < -0.4 is 16.0 Å². The average Bonchev–Trinajstić information content (AvgIpc) is 3.33. The Morgan fingerprint density at radius 1 is 1.17 bits per heavy atom. The van der Waals surface area contributed by atoms with Crippen molar-refractivity contribution in [3.05, 3.63) is 35.4 Å². The summed E-state index contributed by atoms with van der Waals surface area (Å²) < 4.78 is 5.12. The fraction of sp³-hybridized carbons (Fsp3) is 0.450. The molecular weight excluding hydrogens is 392 g/mol. The van der Waals surface area contributed by atoms with Gasteiger partial charge in [-0.1, -0.05) is 25.0 Å². The summed E-state index contributed by atoms with van der Waals surface area (Å²) in [6, 6.07) is 5.15. The first-order valence-corrected chi connectivity index (χ1v) is 9.83. The summed E-state index contributed by atoms with van der Waals surface area (Å²) in [5.41, 5.74) is 0.859. The van der Waals surface area contributed by atoms with Crippen LogP contribution in [-0.2, 0) is 20.9 Å². The molecule has 1 aliphatic carbocycles. The van der Waals surface area contributed by atoms with Gasteiger partial charge in [-0.25, -0.2) is 14.4 Å². The first kappa shape index (κ1) is 21.3. The van der Waals surface area contributed by atoms with E-state index in [1.54, 1.807) is 12.1 Å². The Balaban J connectivity index is 1.48. The van der Waals surface area contributed by atoms with Crippen LogP contribution in [0.2, 0.25) is 0 Å². The van der Waals surface area contributed by atoms with Crippen molar-refractivity contribution in [3.63, 3.8) is 0 Å². The van der Waals surface area contributed by atoms with Crippen LogP contribution in [0.25, 0.3) is 0 Å². The lowest BCUT2D eigenvalue weighted by molar-refractivity contribution is -0.128. The van der Waals surface area contributed by atoms with E-state index in [1.807, 2.05) is 0 Å². The first-order valence-electron chi connectivity index (χ1n) is 9.83. The minimum absolute atomic E-state index is 0.0259. The van der Waals surface area contributed by atoms with Gasteiger partial charge < -0.3 is 15.4 Å². The van der Waals surface area contributed by atoms with E-state index >= 15 is 0 Å². The molecule has 1 saturated heterocycles. The van der Waals surface area contributed by atoms with Gasteiger partial charge in [-0.05, 0) is 37.5 Å². The number of benzene rings is 1. The van der Waals surface area contributed by atoms with Crippen molar-refractivity contribution in [2.45, 2.75) is 51.3 Å². The molecule has 1 aromatic carbocycles. The number of imide groups is 2. The molecule has 6 amide bonds. The molecule has 0 bridgehead atoms. The zero-order valence-electron chi connectivity index (χ0n) is 16.6. The van der Waals surface area contributed by atoms with Crippen LogP contribution in [0.4, 0.5) is 9.59 Å². The van der Waals surface area contributed by atoms with E-state index in [0.29, 0.717) is 5.56 Å². The van der Waals surface area contributed by atoms with Crippen LogP contribution >= 0.6 is 0 Å². The lowest BCUT2D eigenvalue weighted by Gasteiger charge is -2.16. The predicted molar refractivity (Wildman–Crippen MR) is 104 cm³/mol. The van der Waals surface area contributed by atoms with Gasteiger partial charge in [0.25, 0.3) is 5.91 Å². The maximum Gasteiger partial charge on any atom is 0.338 e. The van der Waals surface area contributed by atoms with Crippen LogP contribution in [0.1, 0.15) is 48.5 Å². The molecule has 2 fully saturated rings. The molecule has 10 nitrogen and oxygen atoms in total. The highest BCUT2D eigenvalue weighted by Crippen LogP contribution is 2.17. The fourth-order valence-electron chi connectivity index (χ4n) is 3.33. The monoisotopic (exact) mass is 416 g/mol. The summed E-state index contributed by atoms with van der Waals surface area (Å²) in [7, 11) is 0. The van der Waals surface area contributed by atoms with Crippen LogP contribution in [0, 0.1) is 0 Å². The second-order valence-corrected chi connectivity index (χ2v) is 7.33.